The fourth-order valence-electron chi connectivity index (χ4n) is 2.60. The van der Waals surface area contributed by atoms with Gasteiger partial charge in [-0.1, -0.05) is 19.9 Å². The molecule has 1 N–H and O–H groups in total. The first-order valence-corrected chi connectivity index (χ1v) is 7.84. The van der Waals surface area contributed by atoms with Gasteiger partial charge in [0.1, 0.15) is 0 Å². The zero-order valence-corrected chi connectivity index (χ0v) is 14.9. The van der Waals surface area contributed by atoms with E-state index in [1.807, 2.05) is 6.07 Å². The van der Waals surface area contributed by atoms with Gasteiger partial charge >= 0.3 is 0 Å². The van der Waals surface area contributed by atoms with E-state index in [4.69, 9.17) is 9.47 Å². The summed E-state index contributed by atoms with van der Waals surface area (Å²) < 4.78 is 11.3. The number of halogens is 1. The Balaban J connectivity index is 0.00000242. The molecule has 1 aliphatic heterocycles. The number of benzene rings is 1. The molecular weight excluding hydrogens is 300 g/mol. The Kier molecular flexibility index (Phi) is 8.01. The highest BCUT2D eigenvalue weighted by Gasteiger charge is 2.16. The van der Waals surface area contributed by atoms with E-state index < -0.39 is 0 Å². The molecule has 0 aromatic heterocycles. The second-order valence-corrected chi connectivity index (χ2v) is 6.28. The van der Waals surface area contributed by atoms with Gasteiger partial charge in [-0.3, -0.25) is 4.90 Å². The Labute approximate surface area is 140 Å². The third kappa shape index (κ3) is 5.67. The molecule has 1 aromatic rings. The maximum atomic E-state index is 5.88. The molecule has 0 unspecified atom stereocenters. The number of hydrogen-bond acceptors (Lipinski definition) is 4. The third-order valence-corrected chi connectivity index (χ3v) is 3.66. The maximum absolute atomic E-state index is 5.88. The lowest BCUT2D eigenvalue weighted by Crippen LogP contribution is -2.48. The van der Waals surface area contributed by atoms with Gasteiger partial charge in [0.15, 0.2) is 11.5 Å². The molecule has 0 bridgehead atoms. The normalized spacial score (nSPS) is 18.9. The molecule has 1 atom stereocenters. The summed E-state index contributed by atoms with van der Waals surface area (Å²) in [4.78, 5) is 2.48. The Bertz CT molecular complexity index is 454. The molecule has 1 saturated heterocycles. The van der Waals surface area contributed by atoms with E-state index in [0.717, 1.165) is 37.7 Å². The molecular formula is C17H29ClN2O2. The predicted molar refractivity (Wildman–Crippen MR) is 93.3 cm³/mol. The molecule has 2 rings (SSSR count). The van der Waals surface area contributed by atoms with Crippen LogP contribution >= 0.6 is 12.4 Å². The van der Waals surface area contributed by atoms with Crippen LogP contribution < -0.4 is 14.8 Å². The summed E-state index contributed by atoms with van der Waals surface area (Å²) in [6.07, 6.45) is 0. The van der Waals surface area contributed by atoms with Crippen molar-refractivity contribution in [1.29, 1.82) is 0 Å². The van der Waals surface area contributed by atoms with Crippen LogP contribution in [0.4, 0.5) is 0 Å². The number of nitrogens with one attached hydrogen (secondary N) is 1. The van der Waals surface area contributed by atoms with Crippen LogP contribution in [0.1, 0.15) is 26.3 Å². The van der Waals surface area contributed by atoms with Gasteiger partial charge in [0.25, 0.3) is 0 Å². The summed E-state index contributed by atoms with van der Waals surface area (Å²) in [7, 11) is 1.69. The van der Waals surface area contributed by atoms with Crippen molar-refractivity contribution < 1.29 is 9.47 Å². The van der Waals surface area contributed by atoms with Crippen LogP contribution in [0.5, 0.6) is 11.5 Å². The average molecular weight is 329 g/mol. The Morgan fingerprint density at radius 2 is 2.09 bits per heavy atom. The number of hydrogen-bond donors (Lipinski definition) is 1. The van der Waals surface area contributed by atoms with Crippen molar-refractivity contribution in [3.05, 3.63) is 23.8 Å². The maximum Gasteiger partial charge on any atom is 0.161 e. The van der Waals surface area contributed by atoms with Crippen LogP contribution in [0, 0.1) is 5.92 Å². The van der Waals surface area contributed by atoms with Gasteiger partial charge in [-0.25, -0.2) is 0 Å². The SMILES string of the molecule is COc1ccc(CN2CCN[C@@H](C)C2)cc1OCC(C)C.Cl. The van der Waals surface area contributed by atoms with Crippen molar-refractivity contribution in [3.63, 3.8) is 0 Å². The van der Waals surface area contributed by atoms with Crippen molar-refractivity contribution in [1.82, 2.24) is 10.2 Å². The summed E-state index contributed by atoms with van der Waals surface area (Å²) in [5, 5.41) is 3.47. The fraction of sp³-hybridized carbons (Fsp3) is 0.647. The minimum Gasteiger partial charge on any atom is -0.493 e. The number of methoxy groups -OCH3 is 1. The summed E-state index contributed by atoms with van der Waals surface area (Å²) >= 11 is 0. The Morgan fingerprint density at radius 3 is 2.73 bits per heavy atom. The standard InChI is InChI=1S/C17H28N2O2.ClH/c1-13(2)12-21-17-9-15(5-6-16(17)20-4)11-19-8-7-18-14(3)10-19;/h5-6,9,13-14,18H,7-8,10-12H2,1-4H3;1H/t14-;/m0./s1. The molecule has 22 heavy (non-hydrogen) atoms. The van der Waals surface area contributed by atoms with E-state index in [2.05, 4.69) is 43.1 Å². The number of piperazine rings is 1. The molecule has 0 radical (unpaired) electrons. The second-order valence-electron chi connectivity index (χ2n) is 6.28. The molecule has 126 valence electrons. The van der Waals surface area contributed by atoms with E-state index in [1.165, 1.54) is 5.56 Å². The van der Waals surface area contributed by atoms with Crippen molar-refractivity contribution in [3.8, 4) is 11.5 Å². The summed E-state index contributed by atoms with van der Waals surface area (Å²) in [6, 6.07) is 6.83. The first kappa shape index (κ1) is 19.1. The van der Waals surface area contributed by atoms with Crippen molar-refractivity contribution in [2.45, 2.75) is 33.4 Å². The molecule has 1 fully saturated rings. The highest BCUT2D eigenvalue weighted by molar-refractivity contribution is 5.85. The van der Waals surface area contributed by atoms with E-state index in [0.29, 0.717) is 18.6 Å². The summed E-state index contributed by atoms with van der Waals surface area (Å²) in [5.74, 6) is 2.17. The van der Waals surface area contributed by atoms with Gasteiger partial charge in [-0.05, 0) is 30.5 Å². The monoisotopic (exact) mass is 328 g/mol. The molecule has 5 heteroatoms. The quantitative estimate of drug-likeness (QED) is 0.870. The number of rotatable bonds is 6. The summed E-state index contributed by atoms with van der Waals surface area (Å²) in [5.41, 5.74) is 1.28. The molecule has 0 aliphatic carbocycles. The second kappa shape index (κ2) is 9.23. The smallest absolute Gasteiger partial charge is 0.161 e. The molecule has 0 amide bonds. The molecule has 4 nitrogen and oxygen atoms in total. The van der Waals surface area contributed by atoms with Crippen LogP contribution in [0.25, 0.3) is 0 Å². The minimum atomic E-state index is 0. The van der Waals surface area contributed by atoms with E-state index in [9.17, 15) is 0 Å². The zero-order chi connectivity index (χ0) is 15.2. The number of nitrogens with zero attached hydrogens (tertiary/aromatic N) is 1. The lowest BCUT2D eigenvalue weighted by atomic mass is 10.1. The minimum absolute atomic E-state index is 0. The van der Waals surface area contributed by atoms with Crippen molar-refractivity contribution in [2.24, 2.45) is 5.92 Å². The molecule has 1 aliphatic rings. The van der Waals surface area contributed by atoms with Crippen molar-refractivity contribution >= 4 is 12.4 Å². The van der Waals surface area contributed by atoms with Gasteiger partial charge in [-0.15, -0.1) is 12.4 Å². The van der Waals surface area contributed by atoms with Gasteiger partial charge in [0.05, 0.1) is 13.7 Å². The zero-order valence-electron chi connectivity index (χ0n) is 14.1. The van der Waals surface area contributed by atoms with E-state index in [1.54, 1.807) is 7.11 Å². The van der Waals surface area contributed by atoms with Gasteiger partial charge in [0.2, 0.25) is 0 Å². The number of ether oxygens (including phenoxy) is 2. The van der Waals surface area contributed by atoms with E-state index in [-0.39, 0.29) is 12.4 Å². The van der Waals surface area contributed by atoms with Crippen molar-refractivity contribution in [2.75, 3.05) is 33.4 Å². The van der Waals surface area contributed by atoms with Crippen LogP contribution in [-0.4, -0.2) is 44.3 Å². The van der Waals surface area contributed by atoms with Crippen LogP contribution in [-0.2, 0) is 6.54 Å². The topological polar surface area (TPSA) is 33.7 Å². The first-order chi connectivity index (χ1) is 10.1. The van der Waals surface area contributed by atoms with Gasteiger partial charge in [0, 0.05) is 32.2 Å². The highest BCUT2D eigenvalue weighted by atomic mass is 35.5. The highest BCUT2D eigenvalue weighted by Crippen LogP contribution is 2.29. The fourth-order valence-corrected chi connectivity index (χ4v) is 2.60. The molecule has 1 aromatic carbocycles. The van der Waals surface area contributed by atoms with Crippen LogP contribution in [0.15, 0.2) is 18.2 Å². The molecule has 0 saturated carbocycles. The van der Waals surface area contributed by atoms with Crippen LogP contribution in [0.3, 0.4) is 0 Å². The lowest BCUT2D eigenvalue weighted by molar-refractivity contribution is 0.199. The molecule has 1 heterocycles. The van der Waals surface area contributed by atoms with E-state index >= 15 is 0 Å². The van der Waals surface area contributed by atoms with Gasteiger partial charge in [-0.2, -0.15) is 0 Å². The Morgan fingerprint density at radius 1 is 1.32 bits per heavy atom. The van der Waals surface area contributed by atoms with Crippen LogP contribution in [0.2, 0.25) is 0 Å². The van der Waals surface area contributed by atoms with Gasteiger partial charge < -0.3 is 14.8 Å². The molecule has 0 spiro atoms. The first-order valence-electron chi connectivity index (χ1n) is 7.84. The summed E-state index contributed by atoms with van der Waals surface area (Å²) in [6.45, 7) is 11.5. The largest absolute Gasteiger partial charge is 0.493 e. The predicted octanol–water partition coefficient (Wildman–Crippen LogP) is 2.95. The third-order valence-electron chi connectivity index (χ3n) is 3.66. The lowest BCUT2D eigenvalue weighted by Gasteiger charge is -2.31. The Hall–Kier alpha value is -0.970. The average Bonchev–Trinajstić information content (AvgIpc) is 2.45.